The van der Waals surface area contributed by atoms with Crippen molar-refractivity contribution in [3.05, 3.63) is 12.2 Å². The van der Waals surface area contributed by atoms with E-state index in [9.17, 15) is 4.79 Å². The Bertz CT molecular complexity index is 293. The minimum atomic E-state index is 0.197. The Morgan fingerprint density at radius 2 is 2.12 bits per heavy atom. The molecule has 1 aliphatic heterocycles. The predicted molar refractivity (Wildman–Crippen MR) is 69.4 cm³/mol. The number of hydrogen-bond acceptors (Lipinski definition) is 2. The van der Waals surface area contributed by atoms with E-state index in [0.29, 0.717) is 12.5 Å². The van der Waals surface area contributed by atoms with Gasteiger partial charge in [0.15, 0.2) is 0 Å². The molecule has 0 radical (unpaired) electrons. The van der Waals surface area contributed by atoms with Gasteiger partial charge < -0.3 is 10.6 Å². The summed E-state index contributed by atoms with van der Waals surface area (Å²) >= 11 is 0. The first-order chi connectivity index (χ1) is 8.26. The molecule has 0 spiro atoms. The van der Waals surface area contributed by atoms with Crippen molar-refractivity contribution in [3.8, 4) is 0 Å². The van der Waals surface area contributed by atoms with Gasteiger partial charge in [0.2, 0.25) is 5.91 Å². The summed E-state index contributed by atoms with van der Waals surface area (Å²) in [5.74, 6) is 1.29. The smallest absolute Gasteiger partial charge is 0.226 e. The Morgan fingerprint density at radius 3 is 2.71 bits per heavy atom. The average Bonchev–Trinajstić information content (AvgIpc) is 2.91. The number of allylic oxidation sites excluding steroid dienone is 2. The van der Waals surface area contributed by atoms with Crippen molar-refractivity contribution in [2.45, 2.75) is 45.1 Å². The van der Waals surface area contributed by atoms with Gasteiger partial charge in [-0.1, -0.05) is 25.5 Å². The highest BCUT2D eigenvalue weighted by Crippen LogP contribution is 2.28. The topological polar surface area (TPSA) is 46.3 Å². The van der Waals surface area contributed by atoms with E-state index in [-0.39, 0.29) is 12.0 Å². The number of amides is 1. The molecule has 2 aliphatic rings. The van der Waals surface area contributed by atoms with Crippen LogP contribution >= 0.6 is 0 Å². The summed E-state index contributed by atoms with van der Waals surface area (Å²) in [6.45, 7) is 3.76. The van der Waals surface area contributed by atoms with Crippen molar-refractivity contribution >= 4 is 5.91 Å². The van der Waals surface area contributed by atoms with E-state index in [1.54, 1.807) is 0 Å². The zero-order chi connectivity index (χ0) is 12.3. The molecule has 2 atom stereocenters. The molecule has 1 saturated heterocycles. The van der Waals surface area contributed by atoms with Crippen LogP contribution in [0.15, 0.2) is 12.2 Å². The Hall–Kier alpha value is -0.830. The molecule has 1 heterocycles. The van der Waals surface area contributed by atoms with E-state index in [4.69, 9.17) is 5.73 Å². The van der Waals surface area contributed by atoms with E-state index in [1.165, 1.54) is 6.42 Å². The van der Waals surface area contributed by atoms with Gasteiger partial charge in [-0.25, -0.2) is 0 Å². The van der Waals surface area contributed by atoms with Gasteiger partial charge in [-0.2, -0.15) is 0 Å². The number of nitrogens with two attached hydrogens (primary N) is 1. The molecule has 0 aromatic carbocycles. The number of piperidine rings is 1. The fourth-order valence-corrected chi connectivity index (χ4v) is 3.07. The van der Waals surface area contributed by atoms with Crippen LogP contribution in [0.5, 0.6) is 0 Å². The second-order valence-electron chi connectivity index (χ2n) is 5.36. The van der Waals surface area contributed by atoms with Crippen LogP contribution in [-0.4, -0.2) is 29.9 Å². The molecular weight excluding hydrogens is 212 g/mol. The zero-order valence-corrected chi connectivity index (χ0v) is 10.8. The number of likely N-dealkylation sites (tertiary alicyclic amines) is 1. The second-order valence-corrected chi connectivity index (χ2v) is 5.36. The number of hydrogen-bond donors (Lipinski definition) is 1. The zero-order valence-electron chi connectivity index (χ0n) is 10.8. The van der Waals surface area contributed by atoms with Crippen molar-refractivity contribution in [2.24, 2.45) is 17.6 Å². The molecule has 1 aliphatic carbocycles. The third-order valence-electron chi connectivity index (χ3n) is 4.31. The minimum Gasteiger partial charge on any atom is -0.338 e. The third-order valence-corrected chi connectivity index (χ3v) is 4.31. The third kappa shape index (κ3) is 2.71. The van der Waals surface area contributed by atoms with E-state index in [2.05, 4.69) is 24.0 Å². The fraction of sp³-hybridized carbons (Fsp3) is 0.786. The van der Waals surface area contributed by atoms with Crippen molar-refractivity contribution in [1.29, 1.82) is 0 Å². The van der Waals surface area contributed by atoms with Gasteiger partial charge in [0.05, 0.1) is 0 Å². The van der Waals surface area contributed by atoms with Crippen LogP contribution in [0.25, 0.3) is 0 Å². The first-order valence-electron chi connectivity index (χ1n) is 6.91. The molecule has 2 unspecified atom stereocenters. The first kappa shape index (κ1) is 12.6. The molecule has 96 valence electrons. The van der Waals surface area contributed by atoms with Crippen LogP contribution < -0.4 is 5.73 Å². The Kier molecular flexibility index (Phi) is 4.21. The second kappa shape index (κ2) is 5.67. The van der Waals surface area contributed by atoms with Gasteiger partial charge in [0.1, 0.15) is 0 Å². The van der Waals surface area contributed by atoms with Crippen molar-refractivity contribution in [2.75, 3.05) is 13.1 Å². The Labute approximate surface area is 104 Å². The van der Waals surface area contributed by atoms with Crippen LogP contribution in [0.2, 0.25) is 0 Å². The number of rotatable bonds is 3. The van der Waals surface area contributed by atoms with E-state index in [0.717, 1.165) is 38.1 Å². The highest BCUT2D eigenvalue weighted by Gasteiger charge is 2.33. The van der Waals surface area contributed by atoms with Crippen LogP contribution in [0.3, 0.4) is 0 Å². The summed E-state index contributed by atoms with van der Waals surface area (Å²) in [5.41, 5.74) is 5.84. The summed E-state index contributed by atoms with van der Waals surface area (Å²) in [6.07, 6.45) is 9.55. The van der Waals surface area contributed by atoms with Gasteiger partial charge in [0, 0.05) is 25.0 Å². The molecule has 0 aromatic rings. The standard InChI is InChI=1S/C14H24N2O/c1-2-11-7-8-16(13(9-11)10-15)14(17)12-5-3-4-6-12/h3-4,11-13H,2,5-10,15H2,1H3. The summed E-state index contributed by atoms with van der Waals surface area (Å²) in [5, 5.41) is 0. The van der Waals surface area contributed by atoms with Gasteiger partial charge in [-0.05, 0) is 31.6 Å². The molecule has 3 heteroatoms. The summed E-state index contributed by atoms with van der Waals surface area (Å²) in [7, 11) is 0. The molecular formula is C14H24N2O. The largest absolute Gasteiger partial charge is 0.338 e. The molecule has 17 heavy (non-hydrogen) atoms. The van der Waals surface area contributed by atoms with Gasteiger partial charge >= 0.3 is 0 Å². The molecule has 1 amide bonds. The number of carbonyl (C=O) groups is 1. The first-order valence-corrected chi connectivity index (χ1v) is 6.91. The maximum Gasteiger partial charge on any atom is 0.226 e. The van der Waals surface area contributed by atoms with Crippen LogP contribution in [0, 0.1) is 11.8 Å². The normalized spacial score (nSPS) is 29.9. The number of carbonyl (C=O) groups excluding carboxylic acids is 1. The Balaban J connectivity index is 1.97. The minimum absolute atomic E-state index is 0.197. The van der Waals surface area contributed by atoms with Crippen molar-refractivity contribution in [1.82, 2.24) is 4.90 Å². The molecule has 0 bridgehead atoms. The average molecular weight is 236 g/mol. The highest BCUT2D eigenvalue weighted by molar-refractivity contribution is 5.80. The lowest BCUT2D eigenvalue weighted by molar-refractivity contribution is -0.139. The van der Waals surface area contributed by atoms with E-state index >= 15 is 0 Å². The quantitative estimate of drug-likeness (QED) is 0.761. The molecule has 2 rings (SSSR count). The molecule has 3 nitrogen and oxygen atoms in total. The van der Waals surface area contributed by atoms with Gasteiger partial charge in [-0.15, -0.1) is 0 Å². The monoisotopic (exact) mass is 236 g/mol. The molecule has 0 saturated carbocycles. The summed E-state index contributed by atoms with van der Waals surface area (Å²) in [6, 6.07) is 0.279. The summed E-state index contributed by atoms with van der Waals surface area (Å²) in [4.78, 5) is 14.5. The fourth-order valence-electron chi connectivity index (χ4n) is 3.07. The van der Waals surface area contributed by atoms with Crippen LogP contribution in [-0.2, 0) is 4.79 Å². The van der Waals surface area contributed by atoms with E-state index < -0.39 is 0 Å². The Morgan fingerprint density at radius 1 is 1.41 bits per heavy atom. The van der Waals surface area contributed by atoms with Crippen molar-refractivity contribution < 1.29 is 4.79 Å². The summed E-state index contributed by atoms with van der Waals surface area (Å²) < 4.78 is 0. The van der Waals surface area contributed by atoms with Gasteiger partial charge in [-0.3, -0.25) is 4.79 Å². The molecule has 2 N–H and O–H groups in total. The van der Waals surface area contributed by atoms with Gasteiger partial charge in [0.25, 0.3) is 0 Å². The maximum absolute atomic E-state index is 12.4. The van der Waals surface area contributed by atoms with Crippen LogP contribution in [0.1, 0.15) is 39.0 Å². The lowest BCUT2D eigenvalue weighted by Gasteiger charge is -2.40. The van der Waals surface area contributed by atoms with Crippen molar-refractivity contribution in [3.63, 3.8) is 0 Å². The number of nitrogens with zero attached hydrogens (tertiary/aromatic N) is 1. The maximum atomic E-state index is 12.4. The lowest BCUT2D eigenvalue weighted by Crippen LogP contribution is -2.51. The molecule has 0 aromatic heterocycles. The molecule has 1 fully saturated rings. The lowest BCUT2D eigenvalue weighted by atomic mass is 9.88. The van der Waals surface area contributed by atoms with Crippen LogP contribution in [0.4, 0.5) is 0 Å². The highest BCUT2D eigenvalue weighted by atomic mass is 16.2. The predicted octanol–water partition coefficient (Wildman–Crippen LogP) is 1.93. The van der Waals surface area contributed by atoms with E-state index in [1.807, 2.05) is 0 Å². The SMILES string of the molecule is CCC1CCN(C(=O)C2CC=CC2)C(CN)C1.